The zero-order valence-electron chi connectivity index (χ0n) is 17.7. The fourth-order valence-electron chi connectivity index (χ4n) is 3.78. The van der Waals surface area contributed by atoms with Crippen molar-refractivity contribution >= 4 is 17.5 Å². The third-order valence-electron chi connectivity index (χ3n) is 5.15. The van der Waals surface area contributed by atoms with Gasteiger partial charge in [-0.05, 0) is 68.1 Å². The summed E-state index contributed by atoms with van der Waals surface area (Å²) in [5, 5.41) is 0.701. The number of hydrogen-bond donors (Lipinski definition) is 0. The lowest BCUT2D eigenvalue weighted by atomic mass is 10.1. The average Bonchev–Trinajstić information content (AvgIpc) is 3.05. The molecule has 0 spiro atoms. The van der Waals surface area contributed by atoms with Crippen molar-refractivity contribution in [1.82, 2.24) is 9.47 Å². The highest BCUT2D eigenvalue weighted by Gasteiger charge is 2.23. The zero-order valence-corrected chi connectivity index (χ0v) is 18.5. The van der Waals surface area contributed by atoms with Crippen molar-refractivity contribution in [1.29, 1.82) is 0 Å². The van der Waals surface area contributed by atoms with Gasteiger partial charge >= 0.3 is 0 Å². The molecule has 3 aromatic rings. The Morgan fingerprint density at radius 2 is 1.62 bits per heavy atom. The van der Waals surface area contributed by atoms with Crippen LogP contribution in [0.3, 0.4) is 0 Å². The predicted octanol–water partition coefficient (Wildman–Crippen LogP) is 6.68. The Kier molecular flexibility index (Phi) is 6.81. The van der Waals surface area contributed by atoms with Crippen LogP contribution in [0.5, 0.6) is 0 Å². The number of hydrogen-bond acceptors (Lipinski definition) is 1. The van der Waals surface area contributed by atoms with Crippen LogP contribution >= 0.6 is 11.6 Å². The van der Waals surface area contributed by atoms with Gasteiger partial charge in [-0.25, -0.2) is 0 Å². The van der Waals surface area contributed by atoms with Crippen molar-refractivity contribution < 1.29 is 4.79 Å². The number of carbonyl (C=O) groups excluding carboxylic acids is 1. The molecule has 3 nitrogen and oxygen atoms in total. The first-order chi connectivity index (χ1) is 14.0. The number of amides is 1. The van der Waals surface area contributed by atoms with Crippen LogP contribution < -0.4 is 0 Å². The monoisotopic (exact) mass is 408 g/mol. The van der Waals surface area contributed by atoms with E-state index in [1.54, 1.807) is 0 Å². The Bertz CT molecular complexity index is 983. The number of carbonyl (C=O) groups is 1. The number of rotatable bonds is 7. The van der Waals surface area contributed by atoms with Gasteiger partial charge in [-0.2, -0.15) is 0 Å². The maximum atomic E-state index is 13.4. The smallest absolute Gasteiger partial charge is 0.255 e. The minimum absolute atomic E-state index is 0.104. The second-order valence-corrected chi connectivity index (χ2v) is 7.94. The summed E-state index contributed by atoms with van der Waals surface area (Å²) in [6, 6.07) is 18.2. The minimum atomic E-state index is 0.104. The molecule has 4 heteroatoms. The molecule has 1 amide bonds. The SMILES string of the molecule is CCCN(CCC)C(=O)c1cc(-c2ccc(Cl)cc2)n(-c2cccc(C)c2)c1C. The summed E-state index contributed by atoms with van der Waals surface area (Å²) in [4.78, 5) is 15.4. The molecule has 0 radical (unpaired) electrons. The lowest BCUT2D eigenvalue weighted by molar-refractivity contribution is 0.0755. The van der Waals surface area contributed by atoms with Crippen LogP contribution in [0.25, 0.3) is 16.9 Å². The normalized spacial score (nSPS) is 10.9. The van der Waals surface area contributed by atoms with Crippen LogP contribution in [0, 0.1) is 13.8 Å². The number of aryl methyl sites for hydroxylation is 1. The van der Waals surface area contributed by atoms with E-state index in [-0.39, 0.29) is 5.91 Å². The van der Waals surface area contributed by atoms with Gasteiger partial charge < -0.3 is 9.47 Å². The molecule has 3 rings (SSSR count). The molecule has 0 unspecified atom stereocenters. The van der Waals surface area contributed by atoms with Crippen molar-refractivity contribution in [3.05, 3.63) is 76.4 Å². The minimum Gasteiger partial charge on any atom is -0.339 e. The van der Waals surface area contributed by atoms with Gasteiger partial charge in [-0.15, -0.1) is 0 Å². The summed E-state index contributed by atoms with van der Waals surface area (Å²) >= 11 is 6.11. The van der Waals surface area contributed by atoms with Gasteiger partial charge in [0.1, 0.15) is 0 Å². The van der Waals surface area contributed by atoms with Crippen molar-refractivity contribution in [2.75, 3.05) is 13.1 Å². The molecule has 0 aliphatic carbocycles. The Hall–Kier alpha value is -2.52. The standard InChI is InChI=1S/C25H29ClN2O/c1-5-14-27(15-6-2)25(29)23-17-24(20-10-12-21(26)13-11-20)28(19(23)4)22-9-7-8-18(3)16-22/h7-13,16-17H,5-6,14-15H2,1-4H3. The second kappa shape index (κ2) is 9.32. The predicted molar refractivity (Wildman–Crippen MR) is 122 cm³/mol. The van der Waals surface area contributed by atoms with E-state index in [0.717, 1.165) is 54.1 Å². The van der Waals surface area contributed by atoms with Crippen LogP contribution in [-0.4, -0.2) is 28.5 Å². The van der Waals surface area contributed by atoms with Crippen molar-refractivity contribution in [3.8, 4) is 16.9 Å². The van der Waals surface area contributed by atoms with Gasteiger partial charge in [0.25, 0.3) is 5.91 Å². The first-order valence-electron chi connectivity index (χ1n) is 10.3. The van der Waals surface area contributed by atoms with Crippen molar-refractivity contribution in [2.24, 2.45) is 0 Å². The van der Waals surface area contributed by atoms with Gasteiger partial charge in [0.15, 0.2) is 0 Å². The highest BCUT2D eigenvalue weighted by atomic mass is 35.5. The van der Waals surface area contributed by atoms with E-state index in [2.05, 4.69) is 49.6 Å². The van der Waals surface area contributed by atoms with Crippen molar-refractivity contribution in [2.45, 2.75) is 40.5 Å². The number of aromatic nitrogens is 1. The molecule has 0 aliphatic rings. The van der Waals surface area contributed by atoms with E-state index in [0.29, 0.717) is 5.02 Å². The summed E-state index contributed by atoms with van der Waals surface area (Å²) in [7, 11) is 0. The van der Waals surface area contributed by atoms with Gasteiger partial charge in [-0.3, -0.25) is 4.79 Å². The van der Waals surface area contributed by atoms with E-state index < -0.39 is 0 Å². The number of benzene rings is 2. The van der Waals surface area contributed by atoms with Gasteiger partial charge in [-0.1, -0.05) is 49.7 Å². The molecule has 0 aliphatic heterocycles. The van der Waals surface area contributed by atoms with E-state index in [4.69, 9.17) is 11.6 Å². The van der Waals surface area contributed by atoms with E-state index in [1.165, 1.54) is 5.56 Å². The van der Waals surface area contributed by atoms with Crippen LogP contribution in [-0.2, 0) is 0 Å². The molecule has 2 aromatic carbocycles. The molecule has 152 valence electrons. The molecule has 1 heterocycles. The molecule has 0 saturated heterocycles. The second-order valence-electron chi connectivity index (χ2n) is 7.50. The molecular weight excluding hydrogens is 380 g/mol. The van der Waals surface area contributed by atoms with E-state index >= 15 is 0 Å². The Morgan fingerprint density at radius 1 is 0.966 bits per heavy atom. The zero-order chi connectivity index (χ0) is 21.0. The van der Waals surface area contributed by atoms with Crippen LogP contribution in [0.4, 0.5) is 0 Å². The first-order valence-corrected chi connectivity index (χ1v) is 10.7. The van der Waals surface area contributed by atoms with Crippen LogP contribution in [0.1, 0.15) is 48.3 Å². The topological polar surface area (TPSA) is 25.2 Å². The molecule has 0 atom stereocenters. The molecule has 0 N–H and O–H groups in total. The number of nitrogens with zero attached hydrogens (tertiary/aromatic N) is 2. The molecular formula is C25H29ClN2O. The van der Waals surface area contributed by atoms with Crippen LogP contribution in [0.2, 0.25) is 5.02 Å². The Balaban J connectivity index is 2.18. The first kappa shape index (κ1) is 21.2. The highest BCUT2D eigenvalue weighted by Crippen LogP contribution is 2.31. The maximum absolute atomic E-state index is 13.4. The molecule has 0 saturated carbocycles. The third-order valence-corrected chi connectivity index (χ3v) is 5.40. The lowest BCUT2D eigenvalue weighted by Gasteiger charge is -2.21. The fourth-order valence-corrected chi connectivity index (χ4v) is 3.91. The van der Waals surface area contributed by atoms with E-state index in [1.807, 2.05) is 42.2 Å². The summed E-state index contributed by atoms with van der Waals surface area (Å²) in [6.07, 6.45) is 1.90. The van der Waals surface area contributed by atoms with Crippen molar-refractivity contribution in [3.63, 3.8) is 0 Å². The third kappa shape index (κ3) is 4.56. The van der Waals surface area contributed by atoms with E-state index in [9.17, 15) is 4.79 Å². The van der Waals surface area contributed by atoms with Gasteiger partial charge in [0.2, 0.25) is 0 Å². The average molecular weight is 409 g/mol. The molecule has 1 aromatic heterocycles. The van der Waals surface area contributed by atoms with Gasteiger partial charge in [0, 0.05) is 29.5 Å². The summed E-state index contributed by atoms with van der Waals surface area (Å²) in [5.41, 5.74) is 6.01. The van der Waals surface area contributed by atoms with Crippen LogP contribution in [0.15, 0.2) is 54.6 Å². The summed E-state index contributed by atoms with van der Waals surface area (Å²) < 4.78 is 2.18. The maximum Gasteiger partial charge on any atom is 0.255 e. The largest absolute Gasteiger partial charge is 0.339 e. The Labute approximate surface area is 178 Å². The lowest BCUT2D eigenvalue weighted by Crippen LogP contribution is -2.32. The molecule has 0 bridgehead atoms. The number of halogens is 1. The fraction of sp³-hybridized carbons (Fsp3) is 0.320. The Morgan fingerprint density at radius 3 is 2.21 bits per heavy atom. The highest BCUT2D eigenvalue weighted by molar-refractivity contribution is 6.30. The molecule has 29 heavy (non-hydrogen) atoms. The quantitative estimate of drug-likeness (QED) is 0.428. The summed E-state index contributed by atoms with van der Waals surface area (Å²) in [5.74, 6) is 0.104. The molecule has 0 fully saturated rings. The summed E-state index contributed by atoms with van der Waals surface area (Å²) in [6.45, 7) is 9.89. The van der Waals surface area contributed by atoms with Gasteiger partial charge in [0.05, 0.1) is 11.3 Å².